The predicted octanol–water partition coefficient (Wildman–Crippen LogP) is 1.42. The van der Waals surface area contributed by atoms with Gasteiger partial charge < -0.3 is 14.5 Å². The summed E-state index contributed by atoms with van der Waals surface area (Å²) in [5, 5.41) is 10.5. The van der Waals surface area contributed by atoms with Gasteiger partial charge in [-0.2, -0.15) is 4.39 Å². The van der Waals surface area contributed by atoms with Gasteiger partial charge >= 0.3 is 13.3 Å². The van der Waals surface area contributed by atoms with Gasteiger partial charge in [0.25, 0.3) is 0 Å². The predicted molar refractivity (Wildman–Crippen MR) is 55.4 cm³/mol. The summed E-state index contributed by atoms with van der Waals surface area (Å²) in [6.07, 6.45) is -0.710. The highest BCUT2D eigenvalue weighted by atomic mass is 31.2. The fraction of sp³-hybridized carbons (Fsp3) is 0.250. The van der Waals surface area contributed by atoms with E-state index in [2.05, 4.69) is 4.74 Å². The number of benzene rings is 1. The van der Waals surface area contributed by atoms with Gasteiger partial charge in [0, 0.05) is 0 Å². The minimum absolute atomic E-state index is 0.0710. The summed E-state index contributed by atoms with van der Waals surface area (Å²) in [5.74, 6) is -1.57. The molecule has 0 spiro atoms. The minimum Gasteiger partial charge on any atom is -0.490 e. The van der Waals surface area contributed by atoms with E-state index in [1.807, 2.05) is 0 Å². The SMILES string of the molecule is COc1cc(CP(=O)(O)O)cc(F)c1[N+](=O)[O-]. The molecule has 0 radical (unpaired) electrons. The number of nitro benzene ring substituents is 1. The first-order chi connectivity index (χ1) is 7.74. The maximum absolute atomic E-state index is 13.3. The molecule has 7 nitrogen and oxygen atoms in total. The maximum Gasteiger partial charge on any atom is 0.346 e. The summed E-state index contributed by atoms with van der Waals surface area (Å²) in [6.45, 7) is 0. The lowest BCUT2D eigenvalue weighted by Crippen LogP contribution is -1.99. The summed E-state index contributed by atoms with van der Waals surface area (Å²) in [6, 6.07) is 1.74. The van der Waals surface area contributed by atoms with E-state index in [4.69, 9.17) is 9.79 Å². The van der Waals surface area contributed by atoms with Gasteiger partial charge in [-0.25, -0.2) is 0 Å². The summed E-state index contributed by atoms with van der Waals surface area (Å²) in [4.78, 5) is 27.0. The molecule has 0 saturated carbocycles. The van der Waals surface area contributed by atoms with Crippen molar-refractivity contribution in [1.29, 1.82) is 0 Å². The quantitative estimate of drug-likeness (QED) is 0.484. The van der Waals surface area contributed by atoms with Crippen LogP contribution in [0, 0.1) is 15.9 Å². The number of ether oxygens (including phenoxy) is 1. The van der Waals surface area contributed by atoms with Crippen LogP contribution in [0.25, 0.3) is 0 Å². The molecular weight excluding hydrogens is 256 g/mol. The van der Waals surface area contributed by atoms with Crippen molar-refractivity contribution in [3.8, 4) is 5.75 Å². The highest BCUT2D eigenvalue weighted by molar-refractivity contribution is 7.50. The molecule has 0 fully saturated rings. The Kier molecular flexibility index (Phi) is 3.82. The zero-order chi connectivity index (χ0) is 13.2. The van der Waals surface area contributed by atoms with Crippen LogP contribution in [-0.4, -0.2) is 21.8 Å². The van der Waals surface area contributed by atoms with Crippen LogP contribution in [0.1, 0.15) is 5.56 Å². The van der Waals surface area contributed by atoms with Crippen molar-refractivity contribution >= 4 is 13.3 Å². The zero-order valence-corrected chi connectivity index (χ0v) is 9.56. The van der Waals surface area contributed by atoms with E-state index < -0.39 is 30.2 Å². The number of hydrogen-bond acceptors (Lipinski definition) is 4. The standard InChI is InChI=1S/C8H9FNO6P/c1-16-7-3-5(4-17(13,14)15)2-6(9)8(7)10(11)12/h2-3H,4H2,1H3,(H2,13,14,15). The highest BCUT2D eigenvalue weighted by Gasteiger charge is 2.24. The lowest BCUT2D eigenvalue weighted by molar-refractivity contribution is -0.388. The monoisotopic (exact) mass is 265 g/mol. The maximum atomic E-state index is 13.3. The Bertz CT molecular complexity index is 499. The third-order valence-electron chi connectivity index (χ3n) is 1.88. The van der Waals surface area contributed by atoms with Crippen molar-refractivity contribution in [3.63, 3.8) is 0 Å². The van der Waals surface area contributed by atoms with Crippen molar-refractivity contribution in [2.24, 2.45) is 0 Å². The van der Waals surface area contributed by atoms with Crippen molar-refractivity contribution < 1.29 is 28.4 Å². The molecule has 0 atom stereocenters. The molecule has 9 heteroatoms. The second kappa shape index (κ2) is 4.79. The Balaban J connectivity index is 3.27. The molecule has 0 unspecified atom stereocenters. The lowest BCUT2D eigenvalue weighted by Gasteiger charge is -2.07. The summed E-state index contributed by atoms with van der Waals surface area (Å²) in [5.41, 5.74) is -0.930. The molecule has 0 aliphatic heterocycles. The molecule has 1 rings (SSSR count). The Hall–Kier alpha value is -1.50. The topological polar surface area (TPSA) is 110 Å². The van der Waals surface area contributed by atoms with E-state index in [0.717, 1.165) is 13.2 Å². The van der Waals surface area contributed by atoms with Gasteiger partial charge in [0.1, 0.15) is 0 Å². The van der Waals surface area contributed by atoms with Crippen LogP contribution in [0.4, 0.5) is 10.1 Å². The zero-order valence-electron chi connectivity index (χ0n) is 8.66. The molecule has 94 valence electrons. The Morgan fingerprint density at radius 1 is 1.53 bits per heavy atom. The van der Waals surface area contributed by atoms with Crippen molar-refractivity contribution in [2.75, 3.05) is 7.11 Å². The Morgan fingerprint density at radius 3 is 2.53 bits per heavy atom. The molecule has 0 heterocycles. The molecule has 1 aromatic carbocycles. The first kappa shape index (κ1) is 13.6. The van der Waals surface area contributed by atoms with E-state index in [1.165, 1.54) is 0 Å². The first-order valence-corrected chi connectivity index (χ1v) is 6.09. The number of halogens is 1. The molecule has 0 aromatic heterocycles. The van der Waals surface area contributed by atoms with E-state index >= 15 is 0 Å². The Labute approximate surface area is 95.1 Å². The largest absolute Gasteiger partial charge is 0.490 e. The molecule has 0 aliphatic carbocycles. The van der Waals surface area contributed by atoms with Crippen LogP contribution >= 0.6 is 7.60 Å². The third-order valence-corrected chi connectivity index (χ3v) is 2.66. The molecule has 1 aromatic rings. The van der Waals surface area contributed by atoms with Crippen LogP contribution < -0.4 is 4.74 Å². The summed E-state index contributed by atoms with van der Waals surface area (Å²) in [7, 11) is -3.27. The highest BCUT2D eigenvalue weighted by Crippen LogP contribution is 2.41. The van der Waals surface area contributed by atoms with Crippen LogP contribution in [0.15, 0.2) is 12.1 Å². The lowest BCUT2D eigenvalue weighted by atomic mass is 10.2. The van der Waals surface area contributed by atoms with Gasteiger partial charge in [-0.05, 0) is 17.7 Å². The van der Waals surface area contributed by atoms with Gasteiger partial charge in [-0.15, -0.1) is 0 Å². The molecular formula is C8H9FNO6P. The number of nitro groups is 1. The van der Waals surface area contributed by atoms with Gasteiger partial charge in [0.2, 0.25) is 5.82 Å². The molecule has 17 heavy (non-hydrogen) atoms. The van der Waals surface area contributed by atoms with E-state index in [0.29, 0.717) is 6.07 Å². The second-order valence-corrected chi connectivity index (χ2v) is 4.85. The van der Waals surface area contributed by atoms with Gasteiger partial charge in [0.05, 0.1) is 18.2 Å². The average molecular weight is 265 g/mol. The van der Waals surface area contributed by atoms with Gasteiger partial charge in [-0.3, -0.25) is 14.7 Å². The van der Waals surface area contributed by atoms with Gasteiger partial charge in [0.15, 0.2) is 5.75 Å². The van der Waals surface area contributed by atoms with Crippen molar-refractivity contribution in [3.05, 3.63) is 33.6 Å². The van der Waals surface area contributed by atoms with E-state index in [1.54, 1.807) is 0 Å². The Morgan fingerprint density at radius 2 is 2.12 bits per heavy atom. The number of hydrogen-bond donors (Lipinski definition) is 2. The minimum atomic E-state index is -4.37. The number of rotatable bonds is 4. The molecule has 0 saturated heterocycles. The van der Waals surface area contributed by atoms with Gasteiger partial charge in [-0.1, -0.05) is 0 Å². The van der Waals surface area contributed by atoms with Crippen LogP contribution in [0.2, 0.25) is 0 Å². The second-order valence-electron chi connectivity index (χ2n) is 3.21. The average Bonchev–Trinajstić information content (AvgIpc) is 2.12. The van der Waals surface area contributed by atoms with Crippen LogP contribution in [0.5, 0.6) is 5.75 Å². The third kappa shape index (κ3) is 3.48. The smallest absolute Gasteiger partial charge is 0.346 e. The first-order valence-electron chi connectivity index (χ1n) is 4.30. The molecule has 0 aliphatic rings. The summed E-state index contributed by atoms with van der Waals surface area (Å²) >= 11 is 0. The summed E-state index contributed by atoms with van der Waals surface area (Å²) < 4.78 is 28.7. The fourth-order valence-corrected chi connectivity index (χ4v) is 1.95. The normalized spacial score (nSPS) is 11.3. The van der Waals surface area contributed by atoms with E-state index in [9.17, 15) is 19.1 Å². The van der Waals surface area contributed by atoms with E-state index in [-0.39, 0.29) is 11.3 Å². The van der Waals surface area contributed by atoms with Crippen molar-refractivity contribution in [2.45, 2.75) is 6.16 Å². The molecule has 0 amide bonds. The molecule has 2 N–H and O–H groups in total. The molecule has 0 bridgehead atoms. The fourth-order valence-electron chi connectivity index (χ4n) is 1.29. The number of nitrogens with zero attached hydrogens (tertiary/aromatic N) is 1. The van der Waals surface area contributed by atoms with Crippen molar-refractivity contribution in [1.82, 2.24) is 0 Å². The van der Waals surface area contributed by atoms with Crippen LogP contribution in [-0.2, 0) is 10.7 Å². The number of methoxy groups -OCH3 is 1. The van der Waals surface area contributed by atoms with Crippen LogP contribution in [0.3, 0.4) is 0 Å².